The minimum atomic E-state index is -0.625. The molecule has 0 unspecified atom stereocenters. The summed E-state index contributed by atoms with van der Waals surface area (Å²) in [6.07, 6.45) is 6.41. The van der Waals surface area contributed by atoms with Crippen LogP contribution in [0.15, 0.2) is 28.9 Å². The van der Waals surface area contributed by atoms with Gasteiger partial charge in [0, 0.05) is 6.04 Å². The van der Waals surface area contributed by atoms with Crippen LogP contribution in [0.25, 0.3) is 0 Å². The molecular weight excluding hydrogens is 354 g/mol. The highest BCUT2D eigenvalue weighted by molar-refractivity contribution is 6.52. The van der Waals surface area contributed by atoms with Crippen molar-refractivity contribution < 1.29 is 14.0 Å². The van der Waals surface area contributed by atoms with Crippen LogP contribution in [0.1, 0.15) is 38.5 Å². The summed E-state index contributed by atoms with van der Waals surface area (Å²) in [5.41, 5.74) is 0.321. The highest BCUT2D eigenvalue weighted by Crippen LogP contribution is 2.31. The van der Waals surface area contributed by atoms with E-state index in [1.165, 1.54) is 25.0 Å². The van der Waals surface area contributed by atoms with Crippen molar-refractivity contribution in [3.8, 4) is 0 Å². The third-order valence-corrected chi connectivity index (χ3v) is 5.03. The summed E-state index contributed by atoms with van der Waals surface area (Å²) in [5, 5.41) is 2.85. The predicted molar refractivity (Wildman–Crippen MR) is 91.4 cm³/mol. The standard InChI is InChI=1S/C17H17Cl2FN2O2/c18-12-9-11(7-8-13(12)20)22-16(23)14(19)15(17(22)24)21-10-5-3-1-2-4-6-10/h7-10,21H,1-6H2. The van der Waals surface area contributed by atoms with Crippen molar-refractivity contribution in [2.45, 2.75) is 44.6 Å². The van der Waals surface area contributed by atoms with E-state index in [-0.39, 0.29) is 27.5 Å². The molecule has 1 saturated carbocycles. The van der Waals surface area contributed by atoms with Gasteiger partial charge in [0.05, 0.1) is 10.7 Å². The summed E-state index contributed by atoms with van der Waals surface area (Å²) >= 11 is 11.8. The van der Waals surface area contributed by atoms with E-state index in [9.17, 15) is 14.0 Å². The van der Waals surface area contributed by atoms with Crippen LogP contribution in [0.2, 0.25) is 5.02 Å². The maximum absolute atomic E-state index is 13.3. The van der Waals surface area contributed by atoms with Crippen molar-refractivity contribution in [2.24, 2.45) is 0 Å². The van der Waals surface area contributed by atoms with E-state index in [1.807, 2.05) is 0 Å². The van der Waals surface area contributed by atoms with Crippen LogP contribution < -0.4 is 10.2 Å². The smallest absolute Gasteiger partial charge is 0.283 e. The van der Waals surface area contributed by atoms with E-state index >= 15 is 0 Å². The van der Waals surface area contributed by atoms with E-state index in [0.29, 0.717) is 0 Å². The molecule has 2 amide bonds. The van der Waals surface area contributed by atoms with Crippen LogP contribution >= 0.6 is 23.2 Å². The van der Waals surface area contributed by atoms with Crippen LogP contribution in [0.5, 0.6) is 0 Å². The second-order valence-corrected chi connectivity index (χ2v) is 6.85. The summed E-state index contributed by atoms with van der Waals surface area (Å²) in [6.45, 7) is 0. The lowest BCUT2D eigenvalue weighted by atomic mass is 10.1. The number of carbonyl (C=O) groups is 2. The van der Waals surface area contributed by atoms with E-state index in [4.69, 9.17) is 23.2 Å². The molecule has 128 valence electrons. The van der Waals surface area contributed by atoms with Gasteiger partial charge in [0.2, 0.25) is 0 Å². The topological polar surface area (TPSA) is 49.4 Å². The molecule has 0 atom stereocenters. The summed E-state index contributed by atoms with van der Waals surface area (Å²) in [7, 11) is 0. The Morgan fingerprint density at radius 3 is 2.33 bits per heavy atom. The molecule has 1 N–H and O–H groups in total. The number of benzene rings is 1. The maximum Gasteiger partial charge on any atom is 0.283 e. The number of nitrogens with one attached hydrogen (secondary N) is 1. The highest BCUT2D eigenvalue weighted by Gasteiger charge is 2.39. The Bertz CT molecular complexity index is 713. The Labute approximate surface area is 149 Å². The van der Waals surface area contributed by atoms with Gasteiger partial charge in [0.25, 0.3) is 11.8 Å². The van der Waals surface area contributed by atoms with Crippen molar-refractivity contribution in [2.75, 3.05) is 4.90 Å². The van der Waals surface area contributed by atoms with Gasteiger partial charge in [0.15, 0.2) is 0 Å². The maximum atomic E-state index is 13.3. The zero-order chi connectivity index (χ0) is 17.3. The molecule has 2 aliphatic rings. The molecule has 1 aliphatic carbocycles. The molecule has 7 heteroatoms. The average molecular weight is 371 g/mol. The third-order valence-electron chi connectivity index (χ3n) is 4.39. The van der Waals surface area contributed by atoms with E-state index in [2.05, 4.69) is 5.32 Å². The summed E-state index contributed by atoms with van der Waals surface area (Å²) in [4.78, 5) is 25.9. The van der Waals surface area contributed by atoms with Crippen molar-refractivity contribution >= 4 is 40.7 Å². The zero-order valence-corrected chi connectivity index (χ0v) is 14.5. The molecule has 0 radical (unpaired) electrons. The molecule has 0 spiro atoms. The van der Waals surface area contributed by atoms with Crippen LogP contribution in [0.3, 0.4) is 0 Å². The second-order valence-electron chi connectivity index (χ2n) is 6.07. The quantitative estimate of drug-likeness (QED) is 0.643. The van der Waals surface area contributed by atoms with Crippen molar-refractivity contribution in [3.63, 3.8) is 0 Å². The number of carbonyl (C=O) groups excluding carboxylic acids is 2. The summed E-state index contributed by atoms with van der Waals surface area (Å²) < 4.78 is 13.3. The lowest BCUT2D eigenvalue weighted by molar-refractivity contribution is -0.120. The van der Waals surface area contributed by atoms with Gasteiger partial charge in [-0.3, -0.25) is 9.59 Å². The lowest BCUT2D eigenvalue weighted by Crippen LogP contribution is -2.36. The van der Waals surface area contributed by atoms with Crippen LogP contribution in [0, 0.1) is 5.82 Å². The van der Waals surface area contributed by atoms with Gasteiger partial charge in [-0.1, -0.05) is 48.9 Å². The molecule has 0 bridgehead atoms. The molecule has 0 aromatic heterocycles. The first-order valence-electron chi connectivity index (χ1n) is 7.99. The Morgan fingerprint density at radius 1 is 1.04 bits per heavy atom. The van der Waals surface area contributed by atoms with Crippen molar-refractivity contribution in [1.29, 1.82) is 0 Å². The lowest BCUT2D eigenvalue weighted by Gasteiger charge is -2.19. The van der Waals surface area contributed by atoms with Crippen molar-refractivity contribution in [3.05, 3.63) is 39.8 Å². The number of nitrogens with zero attached hydrogens (tertiary/aromatic N) is 1. The number of hydrogen-bond acceptors (Lipinski definition) is 3. The molecule has 1 fully saturated rings. The largest absolute Gasteiger partial charge is 0.376 e. The fourth-order valence-electron chi connectivity index (χ4n) is 3.11. The predicted octanol–water partition coefficient (Wildman–Crippen LogP) is 4.12. The molecule has 24 heavy (non-hydrogen) atoms. The zero-order valence-electron chi connectivity index (χ0n) is 12.9. The van der Waals surface area contributed by atoms with Gasteiger partial charge in [-0.05, 0) is 31.0 Å². The summed E-state index contributed by atoms with van der Waals surface area (Å²) in [6, 6.07) is 3.81. The van der Waals surface area contributed by atoms with E-state index < -0.39 is 17.6 Å². The fourth-order valence-corrected chi connectivity index (χ4v) is 3.51. The minimum absolute atomic E-state index is 0.119. The van der Waals surface area contributed by atoms with Crippen LogP contribution in [-0.4, -0.2) is 17.9 Å². The van der Waals surface area contributed by atoms with Crippen LogP contribution in [0.4, 0.5) is 10.1 Å². The van der Waals surface area contributed by atoms with Crippen LogP contribution in [-0.2, 0) is 9.59 Å². The molecule has 1 aromatic rings. The first-order chi connectivity index (χ1) is 11.5. The van der Waals surface area contributed by atoms with Gasteiger partial charge in [0.1, 0.15) is 16.5 Å². The average Bonchev–Trinajstić information content (AvgIpc) is 2.77. The SMILES string of the molecule is O=C1C(Cl)=C(NC2CCCCCC2)C(=O)N1c1ccc(F)c(Cl)c1. The number of rotatable bonds is 3. The molecule has 4 nitrogen and oxygen atoms in total. The van der Waals surface area contributed by atoms with Gasteiger partial charge < -0.3 is 5.32 Å². The summed E-state index contributed by atoms with van der Waals surface area (Å²) in [5.74, 6) is -1.77. The van der Waals surface area contributed by atoms with Gasteiger partial charge in [-0.2, -0.15) is 0 Å². The Balaban J connectivity index is 1.82. The highest BCUT2D eigenvalue weighted by atomic mass is 35.5. The van der Waals surface area contributed by atoms with Gasteiger partial charge >= 0.3 is 0 Å². The Kier molecular flexibility index (Phi) is 5.11. The van der Waals surface area contributed by atoms with E-state index in [1.54, 1.807) is 0 Å². The number of anilines is 1. The first kappa shape index (κ1) is 17.2. The molecule has 1 aliphatic heterocycles. The molecule has 3 rings (SSSR count). The number of halogens is 3. The molecule has 0 saturated heterocycles. The Hall–Kier alpha value is -1.59. The second kappa shape index (κ2) is 7.11. The number of amides is 2. The first-order valence-corrected chi connectivity index (χ1v) is 8.75. The molecule has 1 heterocycles. The van der Waals surface area contributed by atoms with Crippen molar-refractivity contribution in [1.82, 2.24) is 5.32 Å². The van der Waals surface area contributed by atoms with Gasteiger partial charge in [-0.25, -0.2) is 9.29 Å². The fraction of sp³-hybridized carbons (Fsp3) is 0.412. The molecular formula is C17H17Cl2FN2O2. The number of hydrogen-bond donors (Lipinski definition) is 1. The third kappa shape index (κ3) is 3.28. The number of imide groups is 1. The molecule has 1 aromatic carbocycles. The van der Waals surface area contributed by atoms with E-state index in [0.717, 1.165) is 36.6 Å². The Morgan fingerprint density at radius 2 is 1.71 bits per heavy atom. The monoisotopic (exact) mass is 370 g/mol. The van der Waals surface area contributed by atoms with Gasteiger partial charge in [-0.15, -0.1) is 0 Å². The normalized spacial score (nSPS) is 19.9. The minimum Gasteiger partial charge on any atom is -0.376 e.